The fourth-order valence-electron chi connectivity index (χ4n) is 2.89. The number of pyridine rings is 1. The topological polar surface area (TPSA) is 77.7 Å². The first-order valence-electron chi connectivity index (χ1n) is 7.97. The van der Waals surface area contributed by atoms with Crippen LogP contribution in [0.5, 0.6) is 0 Å². The second kappa shape index (κ2) is 7.18. The monoisotopic (exact) mass is 326 g/mol. The van der Waals surface area contributed by atoms with Crippen molar-refractivity contribution in [2.24, 2.45) is 5.73 Å². The highest BCUT2D eigenvalue weighted by Gasteiger charge is 2.24. The number of urea groups is 1. The number of piperazine rings is 1. The lowest BCUT2D eigenvalue weighted by Gasteiger charge is -2.36. The largest absolute Gasteiger partial charge is 0.367 e. The third kappa shape index (κ3) is 3.26. The summed E-state index contributed by atoms with van der Waals surface area (Å²) in [6.07, 6.45) is 1.69. The number of nitrogens with one attached hydrogen (secondary N) is 1. The van der Waals surface area contributed by atoms with Crippen LogP contribution < -0.4 is 26.0 Å². The number of hydrogen-bond acceptors (Lipinski definition) is 5. The molecule has 0 bridgehead atoms. The van der Waals surface area contributed by atoms with E-state index >= 15 is 0 Å². The molecule has 24 heavy (non-hydrogen) atoms. The van der Waals surface area contributed by atoms with Gasteiger partial charge in [-0.1, -0.05) is 18.2 Å². The van der Waals surface area contributed by atoms with Crippen molar-refractivity contribution in [1.29, 1.82) is 0 Å². The van der Waals surface area contributed by atoms with E-state index in [2.05, 4.69) is 15.2 Å². The lowest BCUT2D eigenvalue weighted by Crippen LogP contribution is -2.50. The van der Waals surface area contributed by atoms with Gasteiger partial charge in [-0.3, -0.25) is 5.01 Å². The molecular weight excluding hydrogens is 304 g/mol. The SMILES string of the molecule is CN(c1ccccn1)N(C(N)=O)c1ccccc1N1CCNCC1. The van der Waals surface area contributed by atoms with E-state index < -0.39 is 6.03 Å². The predicted molar refractivity (Wildman–Crippen MR) is 96.2 cm³/mol. The zero-order chi connectivity index (χ0) is 16.9. The zero-order valence-corrected chi connectivity index (χ0v) is 13.7. The van der Waals surface area contributed by atoms with Crippen LogP contribution in [0.25, 0.3) is 0 Å². The first kappa shape index (κ1) is 16.1. The highest BCUT2D eigenvalue weighted by molar-refractivity contribution is 5.96. The highest BCUT2D eigenvalue weighted by atomic mass is 16.2. The molecule has 3 rings (SSSR count). The summed E-state index contributed by atoms with van der Waals surface area (Å²) in [5, 5.41) is 6.47. The van der Waals surface area contributed by atoms with Crippen LogP contribution >= 0.6 is 0 Å². The third-order valence-electron chi connectivity index (χ3n) is 4.06. The predicted octanol–water partition coefficient (Wildman–Crippen LogP) is 1.43. The number of nitrogens with two attached hydrogens (primary N) is 1. The van der Waals surface area contributed by atoms with Gasteiger partial charge in [0.25, 0.3) is 0 Å². The molecule has 1 aliphatic rings. The molecule has 7 heteroatoms. The summed E-state index contributed by atoms with van der Waals surface area (Å²) < 4.78 is 0. The Kier molecular flexibility index (Phi) is 4.81. The van der Waals surface area contributed by atoms with Gasteiger partial charge in [0.1, 0.15) is 5.82 Å². The summed E-state index contributed by atoms with van der Waals surface area (Å²) in [4.78, 5) is 18.8. The van der Waals surface area contributed by atoms with Crippen molar-refractivity contribution in [1.82, 2.24) is 10.3 Å². The quantitative estimate of drug-likeness (QED) is 0.831. The van der Waals surface area contributed by atoms with Crippen LogP contribution in [0.4, 0.5) is 22.0 Å². The van der Waals surface area contributed by atoms with Gasteiger partial charge in [0, 0.05) is 39.4 Å². The Balaban J connectivity index is 1.99. The maximum absolute atomic E-state index is 12.2. The smallest absolute Gasteiger partial charge is 0.338 e. The van der Waals surface area contributed by atoms with Gasteiger partial charge in [0.2, 0.25) is 0 Å². The Morgan fingerprint density at radius 3 is 2.54 bits per heavy atom. The molecule has 2 aromatic rings. The summed E-state index contributed by atoms with van der Waals surface area (Å²) in [6.45, 7) is 3.61. The van der Waals surface area contributed by atoms with Crippen molar-refractivity contribution >= 4 is 23.2 Å². The Hall–Kier alpha value is -2.80. The standard InChI is InChI=1S/C17H22N6O/c1-21(16-8-4-5-9-20-16)23(17(18)24)15-7-3-2-6-14(15)22-12-10-19-11-13-22/h2-9,19H,10-13H2,1H3,(H2,18,24). The van der Waals surface area contributed by atoms with E-state index in [1.165, 1.54) is 5.01 Å². The van der Waals surface area contributed by atoms with Gasteiger partial charge in [-0.05, 0) is 24.3 Å². The number of amides is 2. The number of carbonyl (C=O) groups is 1. The third-order valence-corrected chi connectivity index (χ3v) is 4.06. The van der Waals surface area contributed by atoms with Crippen LogP contribution in [0.3, 0.4) is 0 Å². The molecule has 0 spiro atoms. The summed E-state index contributed by atoms with van der Waals surface area (Å²) in [5.41, 5.74) is 7.43. The van der Waals surface area contributed by atoms with Crippen molar-refractivity contribution in [3.8, 4) is 0 Å². The number of carbonyl (C=O) groups excluding carboxylic acids is 1. The van der Waals surface area contributed by atoms with Crippen LogP contribution in [0.15, 0.2) is 48.7 Å². The molecule has 1 saturated heterocycles. The number of rotatable bonds is 4. The Bertz CT molecular complexity index is 686. The molecule has 126 valence electrons. The van der Waals surface area contributed by atoms with Crippen LogP contribution in [0.1, 0.15) is 0 Å². The minimum Gasteiger partial charge on any atom is -0.367 e. The fraction of sp³-hybridized carbons (Fsp3) is 0.294. The van der Waals surface area contributed by atoms with Gasteiger partial charge in [-0.25, -0.2) is 9.78 Å². The van der Waals surface area contributed by atoms with Crippen LogP contribution in [0, 0.1) is 0 Å². The fourth-order valence-corrected chi connectivity index (χ4v) is 2.89. The molecular formula is C17H22N6O. The van der Waals surface area contributed by atoms with E-state index in [1.807, 2.05) is 42.5 Å². The van der Waals surface area contributed by atoms with E-state index in [9.17, 15) is 4.79 Å². The first-order chi connectivity index (χ1) is 11.7. The second-order valence-electron chi connectivity index (χ2n) is 5.59. The number of hydrogen-bond donors (Lipinski definition) is 2. The molecule has 0 radical (unpaired) electrons. The Morgan fingerprint density at radius 1 is 1.17 bits per heavy atom. The molecule has 2 amide bonds. The zero-order valence-electron chi connectivity index (χ0n) is 13.7. The number of primary amides is 1. The van der Waals surface area contributed by atoms with Crippen LogP contribution in [-0.2, 0) is 0 Å². The number of nitrogens with zero attached hydrogens (tertiary/aromatic N) is 4. The first-order valence-corrected chi connectivity index (χ1v) is 7.97. The molecule has 7 nitrogen and oxygen atoms in total. The maximum Gasteiger partial charge on any atom is 0.338 e. The van der Waals surface area contributed by atoms with Gasteiger partial charge < -0.3 is 16.0 Å². The summed E-state index contributed by atoms with van der Waals surface area (Å²) in [5.74, 6) is 0.645. The summed E-state index contributed by atoms with van der Waals surface area (Å²) in [6, 6.07) is 12.8. The molecule has 0 saturated carbocycles. The normalized spacial score (nSPS) is 14.3. The molecule has 1 aromatic carbocycles. The number of anilines is 3. The Labute approximate surface area is 141 Å². The van der Waals surface area contributed by atoms with Crippen LogP contribution in [0.2, 0.25) is 0 Å². The van der Waals surface area contributed by atoms with Gasteiger partial charge in [-0.15, -0.1) is 0 Å². The minimum absolute atomic E-state index is 0.550. The number of hydrazine groups is 1. The van der Waals surface area contributed by atoms with Crippen molar-refractivity contribution in [3.05, 3.63) is 48.7 Å². The van der Waals surface area contributed by atoms with E-state index in [0.717, 1.165) is 37.6 Å². The van der Waals surface area contributed by atoms with Gasteiger partial charge in [-0.2, -0.15) is 5.01 Å². The average molecular weight is 326 g/mol. The number of para-hydroxylation sites is 2. The highest BCUT2D eigenvalue weighted by Crippen LogP contribution is 2.31. The molecule has 0 unspecified atom stereocenters. The molecule has 2 heterocycles. The van der Waals surface area contributed by atoms with Gasteiger partial charge >= 0.3 is 6.03 Å². The van der Waals surface area contributed by atoms with E-state index in [0.29, 0.717) is 5.82 Å². The molecule has 3 N–H and O–H groups in total. The van der Waals surface area contributed by atoms with Crippen molar-refractivity contribution < 1.29 is 4.79 Å². The lowest BCUT2D eigenvalue weighted by molar-refractivity contribution is 0.253. The molecule has 1 aromatic heterocycles. The van der Waals surface area contributed by atoms with Crippen molar-refractivity contribution in [2.45, 2.75) is 0 Å². The van der Waals surface area contributed by atoms with Gasteiger partial charge in [0.15, 0.2) is 0 Å². The lowest BCUT2D eigenvalue weighted by atomic mass is 10.2. The van der Waals surface area contributed by atoms with E-state index in [-0.39, 0.29) is 0 Å². The molecule has 0 atom stereocenters. The maximum atomic E-state index is 12.2. The number of aromatic nitrogens is 1. The average Bonchev–Trinajstić information content (AvgIpc) is 2.63. The minimum atomic E-state index is -0.550. The van der Waals surface area contributed by atoms with E-state index in [4.69, 9.17) is 5.73 Å². The summed E-state index contributed by atoms with van der Waals surface area (Å²) >= 11 is 0. The molecule has 1 fully saturated rings. The van der Waals surface area contributed by atoms with Crippen LogP contribution in [-0.4, -0.2) is 44.2 Å². The number of benzene rings is 1. The van der Waals surface area contributed by atoms with E-state index in [1.54, 1.807) is 18.3 Å². The van der Waals surface area contributed by atoms with Gasteiger partial charge in [0.05, 0.1) is 11.4 Å². The molecule has 0 aliphatic carbocycles. The molecule has 1 aliphatic heterocycles. The Morgan fingerprint density at radius 2 is 1.88 bits per heavy atom. The van der Waals surface area contributed by atoms with Crippen molar-refractivity contribution in [2.75, 3.05) is 48.1 Å². The van der Waals surface area contributed by atoms with Crippen molar-refractivity contribution in [3.63, 3.8) is 0 Å². The summed E-state index contributed by atoms with van der Waals surface area (Å²) in [7, 11) is 1.78. The second-order valence-corrected chi connectivity index (χ2v) is 5.59.